The maximum Gasteiger partial charge on any atom is 0.419 e. The normalized spacial score (nSPS) is 13.1. The molecule has 0 bridgehead atoms. The highest BCUT2D eigenvalue weighted by Crippen LogP contribution is 2.33. The Morgan fingerprint density at radius 3 is 2.44 bits per heavy atom. The Bertz CT molecular complexity index is 1010. The zero-order chi connectivity index (χ0) is 24.1. The minimum atomic E-state index is -5.00. The first kappa shape index (κ1) is 25.2. The molecule has 11 heteroatoms. The number of esters is 1. The molecule has 0 aliphatic heterocycles. The number of alkyl halides is 3. The predicted molar refractivity (Wildman–Crippen MR) is 104 cm³/mol. The fourth-order valence-corrected chi connectivity index (χ4v) is 3.01. The number of halogens is 5. The summed E-state index contributed by atoms with van der Waals surface area (Å²) in [5.41, 5.74) is 1.14. The van der Waals surface area contributed by atoms with Crippen molar-refractivity contribution in [2.24, 2.45) is 5.16 Å². The zero-order valence-electron chi connectivity index (χ0n) is 17.6. The highest BCUT2D eigenvalue weighted by Gasteiger charge is 2.36. The van der Waals surface area contributed by atoms with E-state index in [1.54, 1.807) is 25.1 Å². The highest BCUT2D eigenvalue weighted by atomic mass is 19.4. The van der Waals surface area contributed by atoms with Crippen molar-refractivity contribution in [2.45, 2.75) is 32.7 Å². The molecule has 0 fully saturated rings. The molecule has 0 saturated carbocycles. The summed E-state index contributed by atoms with van der Waals surface area (Å²) in [5, 5.41) is 3.59. The molecule has 1 atom stereocenters. The third kappa shape index (κ3) is 5.60. The summed E-state index contributed by atoms with van der Waals surface area (Å²) in [4.78, 5) is 22.1. The lowest BCUT2D eigenvalue weighted by Gasteiger charge is -2.19. The third-order valence-electron chi connectivity index (χ3n) is 4.60. The van der Waals surface area contributed by atoms with Crippen molar-refractivity contribution >= 4 is 11.7 Å². The molecule has 0 radical (unpaired) electrons. The van der Waals surface area contributed by atoms with E-state index < -0.39 is 46.7 Å². The first-order valence-corrected chi connectivity index (χ1v) is 9.19. The number of rotatable bonds is 8. The van der Waals surface area contributed by atoms with Gasteiger partial charge in [-0.1, -0.05) is 23.4 Å². The number of hydrogen-bond acceptors (Lipinski definition) is 6. The molecule has 0 spiro atoms. The molecule has 1 N–H and O–H groups in total. The van der Waals surface area contributed by atoms with E-state index in [-0.39, 0.29) is 6.61 Å². The number of aryl methyl sites for hydroxylation is 1. The van der Waals surface area contributed by atoms with Gasteiger partial charge in [0.25, 0.3) is 0 Å². The van der Waals surface area contributed by atoms with Crippen molar-refractivity contribution in [3.63, 3.8) is 0 Å². The van der Waals surface area contributed by atoms with Crippen LogP contribution < -0.4 is 5.48 Å². The van der Waals surface area contributed by atoms with E-state index in [2.05, 4.69) is 10.6 Å². The van der Waals surface area contributed by atoms with Crippen molar-refractivity contribution in [3.05, 3.63) is 69.8 Å². The van der Waals surface area contributed by atoms with Crippen LogP contribution in [0.15, 0.2) is 35.5 Å². The van der Waals surface area contributed by atoms with Gasteiger partial charge in [-0.25, -0.2) is 13.6 Å². The highest BCUT2D eigenvalue weighted by molar-refractivity contribution is 5.99. The topological polar surface area (TPSA) is 69.2 Å². The molecule has 0 heterocycles. The number of hydroxylamine groups is 1. The van der Waals surface area contributed by atoms with E-state index in [0.29, 0.717) is 28.8 Å². The molecule has 0 amide bonds. The second-order valence-corrected chi connectivity index (χ2v) is 6.65. The fraction of sp³-hybridized carbons (Fsp3) is 0.333. The summed E-state index contributed by atoms with van der Waals surface area (Å²) in [6.07, 6.45) is -5.00. The summed E-state index contributed by atoms with van der Waals surface area (Å²) in [7, 11) is 2.51. The number of nitrogens with zero attached hydrogens (tertiary/aromatic N) is 1. The Balaban J connectivity index is 2.36. The van der Waals surface area contributed by atoms with Crippen molar-refractivity contribution in [1.82, 2.24) is 5.48 Å². The Hall–Kier alpha value is -3.05. The largest absolute Gasteiger partial charge is 0.468 e. The zero-order valence-corrected chi connectivity index (χ0v) is 17.6. The molecule has 0 aliphatic rings. The van der Waals surface area contributed by atoms with Gasteiger partial charge in [0.05, 0.1) is 31.1 Å². The number of nitrogens with one attached hydrogen (secondary N) is 1. The number of carbonyl (C=O) groups excluding carboxylic acids is 1. The first-order valence-electron chi connectivity index (χ1n) is 9.19. The quantitative estimate of drug-likeness (QED) is 0.270. The molecule has 2 aromatic rings. The van der Waals surface area contributed by atoms with Gasteiger partial charge in [0.2, 0.25) is 0 Å². The fourth-order valence-electron chi connectivity index (χ4n) is 3.01. The van der Waals surface area contributed by atoms with Gasteiger partial charge in [-0.05, 0) is 37.1 Å². The van der Waals surface area contributed by atoms with Crippen LogP contribution in [0.25, 0.3) is 0 Å². The monoisotopic (exact) mass is 460 g/mol. The van der Waals surface area contributed by atoms with Gasteiger partial charge in [0, 0.05) is 5.56 Å². The van der Waals surface area contributed by atoms with E-state index in [4.69, 9.17) is 14.4 Å². The van der Waals surface area contributed by atoms with Gasteiger partial charge in [-0.15, -0.1) is 0 Å². The van der Waals surface area contributed by atoms with Gasteiger partial charge in [0.1, 0.15) is 18.2 Å². The molecular weight excluding hydrogens is 439 g/mol. The Labute approximate surface area is 180 Å². The number of hydrogen-bond donors (Lipinski definition) is 1. The summed E-state index contributed by atoms with van der Waals surface area (Å²) in [6.45, 7) is 2.59. The van der Waals surface area contributed by atoms with Gasteiger partial charge in [-0.3, -0.25) is 0 Å². The second kappa shape index (κ2) is 10.5. The van der Waals surface area contributed by atoms with Crippen molar-refractivity contribution in [3.8, 4) is 0 Å². The van der Waals surface area contributed by atoms with Crippen LogP contribution in [0.1, 0.15) is 40.8 Å². The average molecular weight is 460 g/mol. The van der Waals surface area contributed by atoms with Crippen LogP contribution in [0.3, 0.4) is 0 Å². The van der Waals surface area contributed by atoms with E-state index in [0.717, 1.165) is 6.92 Å². The van der Waals surface area contributed by atoms with E-state index in [9.17, 15) is 26.7 Å². The maximum absolute atomic E-state index is 14.3. The molecular formula is C21H21F5N2O4. The molecule has 0 aromatic heterocycles. The van der Waals surface area contributed by atoms with E-state index in [1.165, 1.54) is 14.2 Å². The van der Waals surface area contributed by atoms with Crippen LogP contribution in [0.5, 0.6) is 0 Å². The Kier molecular flexibility index (Phi) is 8.28. The molecule has 0 saturated heterocycles. The summed E-state index contributed by atoms with van der Waals surface area (Å²) < 4.78 is 71.9. The molecule has 0 aliphatic carbocycles. The molecule has 2 rings (SSSR count). The summed E-state index contributed by atoms with van der Waals surface area (Å²) in [5.74, 6) is -3.65. The average Bonchev–Trinajstić information content (AvgIpc) is 2.71. The number of carbonyl (C=O) groups is 1. The van der Waals surface area contributed by atoms with Crippen molar-refractivity contribution < 1.29 is 41.2 Å². The first-order chi connectivity index (χ1) is 15.0. The van der Waals surface area contributed by atoms with Crippen LogP contribution in [0.2, 0.25) is 0 Å². The number of ether oxygens (including phenoxy) is 1. The lowest BCUT2D eigenvalue weighted by molar-refractivity contribution is -0.147. The Morgan fingerprint density at radius 2 is 1.84 bits per heavy atom. The molecule has 1 unspecified atom stereocenters. The van der Waals surface area contributed by atoms with E-state index >= 15 is 0 Å². The molecule has 174 valence electrons. The van der Waals surface area contributed by atoms with Crippen molar-refractivity contribution in [1.29, 1.82) is 0 Å². The van der Waals surface area contributed by atoms with Gasteiger partial charge >= 0.3 is 12.1 Å². The smallest absolute Gasteiger partial charge is 0.419 e. The SMILES string of the molecule is CONC(C(=O)OC)c1cccc(C)c1CO/N=C(\C)c1c(F)ccc(C(F)(F)F)c1F. The van der Waals surface area contributed by atoms with Crippen LogP contribution >= 0.6 is 0 Å². The lowest BCUT2D eigenvalue weighted by Crippen LogP contribution is -2.30. The van der Waals surface area contributed by atoms with Crippen LogP contribution in [-0.4, -0.2) is 25.9 Å². The van der Waals surface area contributed by atoms with Gasteiger partial charge in [-0.2, -0.15) is 18.7 Å². The van der Waals surface area contributed by atoms with Gasteiger partial charge in [0.15, 0.2) is 6.04 Å². The van der Waals surface area contributed by atoms with Crippen LogP contribution in [0.4, 0.5) is 22.0 Å². The van der Waals surface area contributed by atoms with Crippen LogP contribution in [-0.2, 0) is 32.0 Å². The predicted octanol–water partition coefficient (Wildman–Crippen LogP) is 4.60. The maximum atomic E-state index is 14.3. The van der Waals surface area contributed by atoms with Crippen molar-refractivity contribution in [2.75, 3.05) is 14.2 Å². The summed E-state index contributed by atoms with van der Waals surface area (Å²) in [6, 6.07) is 4.85. The number of oxime groups is 1. The minimum Gasteiger partial charge on any atom is -0.468 e. The second-order valence-electron chi connectivity index (χ2n) is 6.65. The van der Waals surface area contributed by atoms with Gasteiger partial charge < -0.3 is 14.4 Å². The molecule has 6 nitrogen and oxygen atoms in total. The van der Waals surface area contributed by atoms with Crippen LogP contribution in [0, 0.1) is 18.6 Å². The summed E-state index contributed by atoms with van der Waals surface area (Å²) >= 11 is 0. The third-order valence-corrected chi connectivity index (χ3v) is 4.60. The molecule has 2 aromatic carbocycles. The number of methoxy groups -OCH3 is 1. The standard InChI is InChI=1S/C21H21F5N2O4/c1-11-6-5-7-13(19(28-31-4)20(29)30-3)14(11)10-32-27-12(2)17-16(22)9-8-15(18(17)23)21(24,25)26/h5-9,19,28H,10H2,1-4H3/b27-12+. The molecule has 32 heavy (non-hydrogen) atoms. The Morgan fingerprint density at radius 1 is 1.16 bits per heavy atom. The minimum absolute atomic E-state index is 0.250. The lowest BCUT2D eigenvalue weighted by atomic mass is 9.97. The number of benzene rings is 2. The van der Waals surface area contributed by atoms with E-state index in [1.807, 2.05) is 0 Å².